The predicted octanol–water partition coefficient (Wildman–Crippen LogP) is 2.21. The Morgan fingerprint density at radius 2 is 2.08 bits per heavy atom. The number of amides is 1. The van der Waals surface area contributed by atoms with Gasteiger partial charge in [-0.25, -0.2) is 0 Å². The molecule has 1 heterocycles. The molecule has 1 amide bonds. The van der Waals surface area contributed by atoms with Gasteiger partial charge in [0.25, 0.3) is 0 Å². The molecule has 6 nitrogen and oxygen atoms in total. The van der Waals surface area contributed by atoms with Gasteiger partial charge in [0, 0.05) is 31.7 Å². The van der Waals surface area contributed by atoms with Crippen LogP contribution in [0.4, 0.5) is 0 Å². The van der Waals surface area contributed by atoms with Crippen LogP contribution >= 0.6 is 35.6 Å². The lowest BCUT2D eigenvalue weighted by Crippen LogP contribution is -2.42. The molecular weight excluding hydrogens is 465 g/mol. The van der Waals surface area contributed by atoms with Crippen LogP contribution < -0.4 is 16.4 Å². The van der Waals surface area contributed by atoms with Gasteiger partial charge in [0.2, 0.25) is 5.91 Å². The Balaban J connectivity index is 0.00000338. The Bertz CT molecular complexity index is 581. The maximum atomic E-state index is 11.3. The Hall–Kier alpha value is -1.06. The number of rotatable bonds is 7. The van der Waals surface area contributed by atoms with Gasteiger partial charge in [0.05, 0.1) is 5.92 Å². The quantitative estimate of drug-likeness (QED) is 0.235. The molecule has 26 heavy (non-hydrogen) atoms. The number of carbonyl (C=O) groups excluding carboxylic acids is 1. The lowest BCUT2D eigenvalue weighted by Gasteiger charge is -2.31. The lowest BCUT2D eigenvalue weighted by molar-refractivity contribution is -0.123. The molecule has 1 fully saturated rings. The molecule has 8 heteroatoms. The number of nitrogens with two attached hydrogens (primary N) is 1. The number of nitrogens with one attached hydrogen (secondary N) is 2. The first-order chi connectivity index (χ1) is 12.1. The summed E-state index contributed by atoms with van der Waals surface area (Å²) >= 11 is 5.89. The summed E-state index contributed by atoms with van der Waals surface area (Å²) in [6.07, 6.45) is 2.96. The van der Waals surface area contributed by atoms with Crippen LogP contribution in [-0.2, 0) is 11.3 Å². The van der Waals surface area contributed by atoms with Gasteiger partial charge in [0.15, 0.2) is 5.96 Å². The first-order valence-electron chi connectivity index (χ1n) is 8.79. The molecule has 1 aliphatic rings. The highest BCUT2D eigenvalue weighted by atomic mass is 127. The third-order valence-corrected chi connectivity index (χ3v) is 4.70. The fourth-order valence-electron chi connectivity index (χ4n) is 3.01. The highest BCUT2D eigenvalue weighted by Crippen LogP contribution is 2.15. The molecule has 1 atom stereocenters. The molecule has 1 aromatic carbocycles. The van der Waals surface area contributed by atoms with Gasteiger partial charge in [-0.3, -0.25) is 9.79 Å². The number of aliphatic imine (C=N–C) groups is 1. The van der Waals surface area contributed by atoms with Crippen LogP contribution in [0.3, 0.4) is 0 Å². The molecule has 0 radical (unpaired) electrons. The van der Waals surface area contributed by atoms with Crippen molar-refractivity contribution in [2.75, 3.05) is 33.2 Å². The number of primary amides is 1. The van der Waals surface area contributed by atoms with Crippen LogP contribution in [0.25, 0.3) is 0 Å². The molecule has 0 aromatic heterocycles. The Morgan fingerprint density at radius 1 is 1.35 bits per heavy atom. The van der Waals surface area contributed by atoms with E-state index < -0.39 is 0 Å². The lowest BCUT2D eigenvalue weighted by atomic mass is 9.97. The zero-order chi connectivity index (χ0) is 18.1. The number of carbonyl (C=O) groups is 1. The number of piperidine rings is 1. The minimum absolute atomic E-state index is 0. The zero-order valence-electron chi connectivity index (χ0n) is 15.2. The topological polar surface area (TPSA) is 82.8 Å². The van der Waals surface area contributed by atoms with Crippen molar-refractivity contribution in [1.82, 2.24) is 15.5 Å². The van der Waals surface area contributed by atoms with Gasteiger partial charge in [0.1, 0.15) is 0 Å². The van der Waals surface area contributed by atoms with Crippen LogP contribution in [0.1, 0.15) is 24.8 Å². The van der Waals surface area contributed by atoms with E-state index in [-0.39, 0.29) is 35.8 Å². The summed E-state index contributed by atoms with van der Waals surface area (Å²) in [5.41, 5.74) is 6.57. The van der Waals surface area contributed by atoms with Gasteiger partial charge >= 0.3 is 0 Å². The molecule has 1 aliphatic heterocycles. The first kappa shape index (κ1) is 23.0. The number of nitrogens with zero attached hydrogens (tertiary/aromatic N) is 2. The summed E-state index contributed by atoms with van der Waals surface area (Å²) in [6, 6.07) is 7.75. The van der Waals surface area contributed by atoms with Crippen LogP contribution in [-0.4, -0.2) is 50.0 Å². The van der Waals surface area contributed by atoms with E-state index in [0.717, 1.165) is 62.0 Å². The number of guanidine groups is 1. The zero-order valence-corrected chi connectivity index (χ0v) is 18.3. The third-order valence-electron chi connectivity index (χ3n) is 4.45. The van der Waals surface area contributed by atoms with Crippen molar-refractivity contribution in [2.45, 2.75) is 25.8 Å². The normalized spacial score (nSPS) is 18.1. The molecule has 1 unspecified atom stereocenters. The minimum Gasteiger partial charge on any atom is -0.369 e. The average molecular weight is 494 g/mol. The summed E-state index contributed by atoms with van der Waals surface area (Å²) in [5.74, 6) is 0.619. The van der Waals surface area contributed by atoms with Crippen molar-refractivity contribution in [3.05, 3.63) is 34.9 Å². The molecule has 0 bridgehead atoms. The van der Waals surface area contributed by atoms with Gasteiger partial charge in [-0.1, -0.05) is 23.7 Å². The smallest absolute Gasteiger partial charge is 0.221 e. The van der Waals surface area contributed by atoms with Gasteiger partial charge in [-0.15, -0.1) is 24.0 Å². The number of hydrogen-bond acceptors (Lipinski definition) is 3. The summed E-state index contributed by atoms with van der Waals surface area (Å²) in [4.78, 5) is 17.9. The highest BCUT2D eigenvalue weighted by molar-refractivity contribution is 14.0. The number of likely N-dealkylation sites (tertiary alicyclic amines) is 1. The third kappa shape index (κ3) is 8.09. The van der Waals surface area contributed by atoms with Gasteiger partial charge in [-0.2, -0.15) is 0 Å². The number of halogens is 2. The monoisotopic (exact) mass is 493 g/mol. The number of benzene rings is 1. The second-order valence-corrected chi connectivity index (χ2v) is 6.81. The number of hydrogen-bond donors (Lipinski definition) is 3. The molecular formula is C18H29ClIN5O. The van der Waals surface area contributed by atoms with Crippen molar-refractivity contribution in [3.63, 3.8) is 0 Å². The second-order valence-electron chi connectivity index (χ2n) is 6.37. The fraction of sp³-hybridized carbons (Fsp3) is 0.556. The second kappa shape index (κ2) is 12.3. The molecule has 0 spiro atoms. The highest BCUT2D eigenvalue weighted by Gasteiger charge is 2.23. The van der Waals surface area contributed by atoms with E-state index >= 15 is 0 Å². The molecule has 1 saturated heterocycles. The Morgan fingerprint density at radius 3 is 2.73 bits per heavy atom. The van der Waals surface area contributed by atoms with Gasteiger partial charge < -0.3 is 21.3 Å². The predicted molar refractivity (Wildman–Crippen MR) is 118 cm³/mol. The van der Waals surface area contributed by atoms with Crippen molar-refractivity contribution in [1.29, 1.82) is 0 Å². The Kier molecular flexibility index (Phi) is 10.9. The molecule has 0 saturated carbocycles. The maximum absolute atomic E-state index is 11.3. The van der Waals surface area contributed by atoms with E-state index in [4.69, 9.17) is 17.3 Å². The van der Waals surface area contributed by atoms with E-state index in [1.165, 1.54) is 0 Å². The average Bonchev–Trinajstić information content (AvgIpc) is 2.62. The van der Waals surface area contributed by atoms with E-state index in [9.17, 15) is 4.79 Å². The minimum atomic E-state index is -0.172. The molecule has 2 rings (SSSR count). The summed E-state index contributed by atoms with van der Waals surface area (Å²) in [5, 5.41) is 7.34. The first-order valence-corrected chi connectivity index (χ1v) is 9.17. The van der Waals surface area contributed by atoms with Crippen LogP contribution in [0.2, 0.25) is 5.02 Å². The molecule has 1 aromatic rings. The standard InChI is InChI=1S/C18H28ClN5O.HI/c1-21-18(23-12-14-5-7-16(19)8-6-14)22-9-3-11-24-10-2-4-15(13-24)17(20)25;/h5-8,15H,2-4,9-13H2,1H3,(H2,20,25)(H2,21,22,23);1H. The largest absolute Gasteiger partial charge is 0.369 e. The summed E-state index contributed by atoms with van der Waals surface area (Å²) in [7, 11) is 1.76. The SMILES string of the molecule is CN=C(NCCCN1CCCC(C(N)=O)C1)NCc1ccc(Cl)cc1.I. The fourth-order valence-corrected chi connectivity index (χ4v) is 3.13. The van der Waals surface area contributed by atoms with E-state index in [2.05, 4.69) is 20.5 Å². The maximum Gasteiger partial charge on any atom is 0.221 e. The van der Waals surface area contributed by atoms with Crippen molar-refractivity contribution >= 4 is 47.4 Å². The van der Waals surface area contributed by atoms with Crippen molar-refractivity contribution < 1.29 is 4.79 Å². The molecule has 146 valence electrons. The van der Waals surface area contributed by atoms with E-state index in [1.54, 1.807) is 7.05 Å². The summed E-state index contributed by atoms with van der Waals surface area (Å²) < 4.78 is 0. The van der Waals surface area contributed by atoms with Crippen LogP contribution in [0, 0.1) is 5.92 Å². The van der Waals surface area contributed by atoms with E-state index in [0.29, 0.717) is 6.54 Å². The van der Waals surface area contributed by atoms with Crippen molar-refractivity contribution in [2.24, 2.45) is 16.6 Å². The van der Waals surface area contributed by atoms with Crippen LogP contribution in [0.5, 0.6) is 0 Å². The van der Waals surface area contributed by atoms with E-state index in [1.807, 2.05) is 24.3 Å². The summed E-state index contributed by atoms with van der Waals surface area (Å²) in [6.45, 7) is 4.33. The Labute approximate surface area is 178 Å². The van der Waals surface area contributed by atoms with Crippen molar-refractivity contribution in [3.8, 4) is 0 Å². The molecule has 0 aliphatic carbocycles. The van der Waals surface area contributed by atoms with Crippen LogP contribution in [0.15, 0.2) is 29.3 Å². The molecule has 4 N–H and O–H groups in total. The van der Waals surface area contributed by atoms with Gasteiger partial charge in [-0.05, 0) is 50.0 Å².